The number of hydrogen-bond donors (Lipinski definition) is 1. The minimum absolute atomic E-state index is 0.507. The van der Waals surface area contributed by atoms with Gasteiger partial charge in [-0.1, -0.05) is 37.3 Å². The molecule has 1 heterocycles. The molecule has 1 aromatic carbocycles. The van der Waals surface area contributed by atoms with E-state index in [1.54, 1.807) is 0 Å². The van der Waals surface area contributed by atoms with Crippen molar-refractivity contribution in [3.05, 3.63) is 42.0 Å². The van der Waals surface area contributed by atoms with Crippen LogP contribution in [0, 0.1) is 17.8 Å². The summed E-state index contributed by atoms with van der Waals surface area (Å²) in [6.07, 6.45) is 6.98. The largest absolute Gasteiger partial charge is 0.493 e. The van der Waals surface area contributed by atoms with Gasteiger partial charge in [-0.15, -0.1) is 0 Å². The van der Waals surface area contributed by atoms with Gasteiger partial charge in [0.05, 0.1) is 6.61 Å². The highest BCUT2D eigenvalue weighted by Gasteiger charge is 2.37. The summed E-state index contributed by atoms with van der Waals surface area (Å²) in [5.41, 5.74) is 7.21. The van der Waals surface area contributed by atoms with Gasteiger partial charge >= 0.3 is 0 Å². The van der Waals surface area contributed by atoms with Gasteiger partial charge < -0.3 is 10.5 Å². The molecule has 3 rings (SSSR count). The molecular formula is C17H23NO. The molecule has 4 unspecified atom stereocenters. The summed E-state index contributed by atoms with van der Waals surface area (Å²) in [6.45, 7) is 3.93. The number of nitrogens with two attached hydrogens (primary N) is 1. The molecule has 2 nitrogen and oxygen atoms in total. The predicted molar refractivity (Wildman–Crippen MR) is 78.3 cm³/mol. The van der Waals surface area contributed by atoms with E-state index < -0.39 is 0 Å². The molecule has 0 spiro atoms. The van der Waals surface area contributed by atoms with Crippen LogP contribution in [0.1, 0.15) is 31.2 Å². The van der Waals surface area contributed by atoms with Gasteiger partial charge in [0.1, 0.15) is 5.75 Å². The van der Waals surface area contributed by atoms with Gasteiger partial charge in [0, 0.05) is 5.92 Å². The Morgan fingerprint density at radius 2 is 2.16 bits per heavy atom. The summed E-state index contributed by atoms with van der Waals surface area (Å²) in [4.78, 5) is 0. The first kappa shape index (κ1) is 12.7. The molecular weight excluding hydrogens is 234 g/mol. The second-order valence-corrected chi connectivity index (χ2v) is 5.92. The molecule has 1 aliphatic heterocycles. The van der Waals surface area contributed by atoms with Crippen LogP contribution in [0.3, 0.4) is 0 Å². The van der Waals surface area contributed by atoms with Crippen LogP contribution in [0.5, 0.6) is 5.75 Å². The monoisotopic (exact) mass is 257 g/mol. The van der Waals surface area contributed by atoms with Crippen molar-refractivity contribution in [2.45, 2.75) is 25.7 Å². The molecule has 0 fully saturated rings. The topological polar surface area (TPSA) is 35.2 Å². The maximum Gasteiger partial charge on any atom is 0.122 e. The van der Waals surface area contributed by atoms with Crippen molar-refractivity contribution in [3.63, 3.8) is 0 Å². The van der Waals surface area contributed by atoms with Crippen molar-refractivity contribution < 1.29 is 4.74 Å². The van der Waals surface area contributed by atoms with E-state index in [-0.39, 0.29) is 0 Å². The second kappa shape index (κ2) is 5.38. The fraction of sp³-hybridized carbons (Fsp3) is 0.529. The lowest BCUT2D eigenvalue weighted by atomic mass is 9.69. The highest BCUT2D eigenvalue weighted by Crippen LogP contribution is 2.46. The number of hydrogen-bond acceptors (Lipinski definition) is 2. The number of benzene rings is 1. The quantitative estimate of drug-likeness (QED) is 0.825. The summed E-state index contributed by atoms with van der Waals surface area (Å²) >= 11 is 0. The molecule has 1 aliphatic carbocycles. The lowest BCUT2D eigenvalue weighted by Crippen LogP contribution is -2.31. The molecule has 2 N–H and O–H groups in total. The van der Waals surface area contributed by atoms with Gasteiger partial charge in [0.25, 0.3) is 0 Å². The van der Waals surface area contributed by atoms with Crippen molar-refractivity contribution in [1.82, 2.24) is 0 Å². The minimum atomic E-state index is 0.507. The minimum Gasteiger partial charge on any atom is -0.493 e. The van der Waals surface area contributed by atoms with Crippen LogP contribution in [0.2, 0.25) is 0 Å². The molecule has 19 heavy (non-hydrogen) atoms. The van der Waals surface area contributed by atoms with E-state index in [1.807, 2.05) is 0 Å². The van der Waals surface area contributed by atoms with Crippen LogP contribution in [-0.4, -0.2) is 13.2 Å². The molecule has 0 saturated carbocycles. The van der Waals surface area contributed by atoms with Gasteiger partial charge in [0.15, 0.2) is 0 Å². The summed E-state index contributed by atoms with van der Waals surface area (Å²) in [5, 5.41) is 0. The van der Waals surface area contributed by atoms with Crippen LogP contribution >= 0.6 is 0 Å². The highest BCUT2D eigenvalue weighted by molar-refractivity contribution is 5.38. The number of ether oxygens (including phenoxy) is 1. The summed E-state index contributed by atoms with van der Waals surface area (Å²) in [5.74, 6) is 3.47. The zero-order chi connectivity index (χ0) is 13.2. The lowest BCUT2D eigenvalue weighted by Gasteiger charge is -2.35. The summed E-state index contributed by atoms with van der Waals surface area (Å²) in [7, 11) is 0. The molecule has 2 aliphatic rings. The third kappa shape index (κ3) is 2.30. The van der Waals surface area contributed by atoms with Crippen LogP contribution in [-0.2, 0) is 0 Å². The van der Waals surface area contributed by atoms with Crippen molar-refractivity contribution in [2.75, 3.05) is 13.2 Å². The third-order valence-corrected chi connectivity index (χ3v) is 4.78. The third-order valence-electron chi connectivity index (χ3n) is 4.78. The Kier molecular flexibility index (Phi) is 3.61. The van der Waals surface area contributed by atoms with Crippen molar-refractivity contribution in [2.24, 2.45) is 23.5 Å². The average molecular weight is 257 g/mol. The standard InChI is InChI=1S/C17H23NO/c1-12-5-4-7-13-14(9-10-18)15-6-2-3-8-17(15)19-11-16(12)13/h2-4,6-8,12-14,16H,5,9-11,18H2,1H3. The van der Waals surface area contributed by atoms with Crippen molar-refractivity contribution in [3.8, 4) is 5.75 Å². The molecule has 102 valence electrons. The van der Waals surface area contributed by atoms with Gasteiger partial charge in [0.2, 0.25) is 0 Å². The molecule has 0 bridgehead atoms. The predicted octanol–water partition coefficient (Wildman–Crippen LogP) is 3.34. The first-order valence-electron chi connectivity index (χ1n) is 7.39. The van der Waals surface area contributed by atoms with E-state index in [4.69, 9.17) is 10.5 Å². The Bertz CT molecular complexity index is 468. The normalized spacial score (nSPS) is 32.9. The molecule has 4 atom stereocenters. The van der Waals surface area contributed by atoms with E-state index in [1.165, 1.54) is 12.0 Å². The number of para-hydroxylation sites is 1. The average Bonchev–Trinajstić information content (AvgIpc) is 2.59. The van der Waals surface area contributed by atoms with Crippen LogP contribution < -0.4 is 10.5 Å². The van der Waals surface area contributed by atoms with E-state index >= 15 is 0 Å². The molecule has 1 aromatic rings. The maximum atomic E-state index is 6.09. The molecule has 0 radical (unpaired) electrons. The second-order valence-electron chi connectivity index (χ2n) is 5.92. The van der Waals surface area contributed by atoms with E-state index in [9.17, 15) is 0 Å². The summed E-state index contributed by atoms with van der Waals surface area (Å²) < 4.78 is 6.09. The van der Waals surface area contributed by atoms with E-state index in [0.717, 1.165) is 25.3 Å². The zero-order valence-electron chi connectivity index (χ0n) is 11.6. The van der Waals surface area contributed by atoms with Gasteiger partial charge in [-0.2, -0.15) is 0 Å². The Morgan fingerprint density at radius 1 is 1.32 bits per heavy atom. The van der Waals surface area contributed by atoms with Crippen molar-refractivity contribution in [1.29, 1.82) is 0 Å². The molecule has 2 heteroatoms. The van der Waals surface area contributed by atoms with Gasteiger partial charge in [-0.25, -0.2) is 0 Å². The SMILES string of the molecule is CC1CC=CC2C(CCN)c3ccccc3OCC12. The highest BCUT2D eigenvalue weighted by atomic mass is 16.5. The zero-order valence-corrected chi connectivity index (χ0v) is 11.6. The van der Waals surface area contributed by atoms with E-state index in [2.05, 4.69) is 43.3 Å². The molecule has 0 amide bonds. The van der Waals surface area contributed by atoms with Gasteiger partial charge in [-0.3, -0.25) is 0 Å². The molecule has 0 aromatic heterocycles. The Hall–Kier alpha value is -1.28. The lowest BCUT2D eigenvalue weighted by molar-refractivity contribution is 0.157. The van der Waals surface area contributed by atoms with Crippen LogP contribution in [0.4, 0.5) is 0 Å². The fourth-order valence-corrected chi connectivity index (χ4v) is 3.69. The first-order valence-corrected chi connectivity index (χ1v) is 7.39. The first-order chi connectivity index (χ1) is 9.31. The summed E-state index contributed by atoms with van der Waals surface area (Å²) in [6, 6.07) is 8.49. The fourth-order valence-electron chi connectivity index (χ4n) is 3.69. The Balaban J connectivity index is 2.02. The smallest absolute Gasteiger partial charge is 0.122 e. The van der Waals surface area contributed by atoms with Crippen molar-refractivity contribution >= 4 is 0 Å². The molecule has 0 saturated heterocycles. The maximum absolute atomic E-state index is 6.09. The van der Waals surface area contributed by atoms with E-state index in [0.29, 0.717) is 23.7 Å². The Morgan fingerprint density at radius 3 is 3.00 bits per heavy atom. The Labute approximate surface area is 115 Å². The number of fused-ring (bicyclic) bond motifs is 2. The number of rotatable bonds is 2. The van der Waals surface area contributed by atoms with Gasteiger partial charge in [-0.05, 0) is 48.8 Å². The van der Waals surface area contributed by atoms with Crippen LogP contribution in [0.25, 0.3) is 0 Å². The number of allylic oxidation sites excluding steroid dienone is 2. The van der Waals surface area contributed by atoms with Crippen LogP contribution in [0.15, 0.2) is 36.4 Å².